The van der Waals surface area contributed by atoms with E-state index in [1.54, 1.807) is 13.0 Å². The summed E-state index contributed by atoms with van der Waals surface area (Å²) in [6.45, 7) is 1.79. The molecule has 9 nitrogen and oxygen atoms in total. The first-order chi connectivity index (χ1) is 19.1. The number of nitro benzene ring substituents is 1. The molecular formula is C28H25F3N4O5S. The second-order valence-corrected chi connectivity index (χ2v) is 10.8. The molecule has 0 fully saturated rings. The first-order valence-corrected chi connectivity index (χ1v) is 13.5. The average Bonchev–Trinajstić information content (AvgIpc) is 3.37. The van der Waals surface area contributed by atoms with E-state index < -0.39 is 15.6 Å². The molecular weight excluding hydrogens is 561 g/mol. The van der Waals surface area contributed by atoms with Crippen molar-refractivity contribution in [1.29, 1.82) is 0 Å². The molecule has 0 bridgehead atoms. The maximum Gasteiger partial charge on any atom is 0.485 e. The van der Waals surface area contributed by atoms with Crippen molar-refractivity contribution in [3.8, 4) is 11.3 Å². The van der Waals surface area contributed by atoms with Crippen molar-refractivity contribution in [1.82, 2.24) is 4.52 Å². The normalized spacial score (nSPS) is 12.4. The molecule has 13 heteroatoms. The summed E-state index contributed by atoms with van der Waals surface area (Å²) in [6, 6.07) is 24.4. The lowest BCUT2D eigenvalue weighted by molar-refractivity contribution is -0.725. The van der Waals surface area contributed by atoms with Gasteiger partial charge in [0, 0.05) is 53.6 Å². The Balaban J connectivity index is 0.000000426. The van der Waals surface area contributed by atoms with Gasteiger partial charge < -0.3 is 9.45 Å². The van der Waals surface area contributed by atoms with Crippen LogP contribution in [0.25, 0.3) is 33.8 Å². The van der Waals surface area contributed by atoms with Gasteiger partial charge >= 0.3 is 5.51 Å². The first kappa shape index (κ1) is 29.5. The van der Waals surface area contributed by atoms with E-state index in [0.717, 1.165) is 44.1 Å². The topological polar surface area (TPSA) is 112 Å². The number of aryl methyl sites for hydroxylation is 2. The summed E-state index contributed by atoms with van der Waals surface area (Å²) in [7, 11) is -0.0333. The molecule has 0 spiro atoms. The number of alkyl halides is 3. The van der Waals surface area contributed by atoms with Gasteiger partial charge in [-0.2, -0.15) is 13.2 Å². The van der Waals surface area contributed by atoms with Crippen LogP contribution in [0, 0.1) is 17.0 Å². The highest BCUT2D eigenvalue weighted by molar-refractivity contribution is 7.86. The summed E-state index contributed by atoms with van der Waals surface area (Å²) >= 11 is 0. The Labute approximate surface area is 233 Å². The summed E-state index contributed by atoms with van der Waals surface area (Å²) in [5.41, 5.74) is 1.48. The Bertz CT molecular complexity index is 1920. The van der Waals surface area contributed by atoms with Crippen LogP contribution >= 0.6 is 0 Å². The van der Waals surface area contributed by atoms with Crippen LogP contribution in [0.1, 0.15) is 11.1 Å². The molecule has 41 heavy (non-hydrogen) atoms. The molecule has 214 valence electrons. The zero-order valence-corrected chi connectivity index (χ0v) is 23.2. The van der Waals surface area contributed by atoms with Crippen molar-refractivity contribution in [2.24, 2.45) is 7.05 Å². The summed E-state index contributed by atoms with van der Waals surface area (Å²) in [5, 5.41) is 13.5. The largest absolute Gasteiger partial charge is 0.741 e. The zero-order chi connectivity index (χ0) is 30.3. The van der Waals surface area contributed by atoms with E-state index in [2.05, 4.69) is 62.6 Å². The van der Waals surface area contributed by atoms with E-state index in [0.29, 0.717) is 5.56 Å². The molecule has 0 saturated carbocycles. The predicted molar refractivity (Wildman–Crippen MR) is 148 cm³/mol. The minimum atomic E-state index is -6.09. The van der Waals surface area contributed by atoms with E-state index >= 15 is 0 Å². The van der Waals surface area contributed by atoms with Gasteiger partial charge in [0.15, 0.2) is 17.2 Å². The van der Waals surface area contributed by atoms with Crippen molar-refractivity contribution in [3.05, 3.63) is 99.3 Å². The second kappa shape index (κ2) is 10.8. The fourth-order valence-electron chi connectivity index (χ4n) is 4.51. The van der Waals surface area contributed by atoms with Crippen molar-refractivity contribution >= 4 is 44.0 Å². The lowest BCUT2D eigenvalue weighted by Gasteiger charge is -2.11. The smallest absolute Gasteiger partial charge is 0.485 e. The monoisotopic (exact) mass is 586 g/mol. The lowest BCUT2D eigenvalue weighted by Crippen LogP contribution is -2.36. The molecule has 3 aromatic carbocycles. The molecule has 0 amide bonds. The maximum absolute atomic E-state index is 11.7. The number of anilines is 1. The molecule has 5 aromatic rings. The van der Waals surface area contributed by atoms with Gasteiger partial charge in [0.1, 0.15) is 11.0 Å². The number of hydrogen-bond donors (Lipinski definition) is 0. The van der Waals surface area contributed by atoms with Crippen LogP contribution in [0.4, 0.5) is 24.5 Å². The fraction of sp³-hybridized carbons (Fsp3) is 0.179. The maximum atomic E-state index is 11.7. The molecule has 0 N–H and O–H groups in total. The van der Waals surface area contributed by atoms with Crippen LogP contribution in [-0.4, -0.2) is 42.0 Å². The number of rotatable bonds is 4. The molecule has 0 unspecified atom stereocenters. The Hall–Kier alpha value is -4.49. The summed E-state index contributed by atoms with van der Waals surface area (Å²) in [5.74, 6) is 0. The van der Waals surface area contributed by atoms with Crippen LogP contribution in [0.3, 0.4) is 0 Å². The number of nitro groups is 1. The standard InChI is InChI=1S/C27H25N4O2.CHF3O3S/c1-18-14-26-23(16-24(18)31(32)33)22(15-19-10-12-21(13-11-19)28(2)3)27-17-25(29(4)30(26)27)20-8-6-5-7-9-20;2-1(3,4)8(5,6)7/h5-17H,1-4H3;(H,5,6,7)/q+1;/p-1. The van der Waals surface area contributed by atoms with Crippen molar-refractivity contribution < 1.29 is 35.7 Å². The van der Waals surface area contributed by atoms with Crippen molar-refractivity contribution in [2.75, 3.05) is 19.0 Å². The SMILES string of the molecule is Cc1cc2c(cc1[N+](=O)[O-])/c(=C/c1ccc(N(C)C)cc1)c1cc(-c3ccccc3)[n+](C)n12.O=S(=O)([O-])C(F)(F)F. The van der Waals surface area contributed by atoms with Gasteiger partial charge in [-0.05, 0) is 48.9 Å². The van der Waals surface area contributed by atoms with Gasteiger partial charge in [-0.1, -0.05) is 30.3 Å². The van der Waals surface area contributed by atoms with Gasteiger partial charge in [-0.3, -0.25) is 10.1 Å². The summed E-state index contributed by atoms with van der Waals surface area (Å²) < 4.78 is 63.2. The highest BCUT2D eigenvalue weighted by Gasteiger charge is 2.37. The Morgan fingerprint density at radius 2 is 1.56 bits per heavy atom. The Kier molecular flexibility index (Phi) is 7.78. The Morgan fingerprint density at radius 3 is 2.07 bits per heavy atom. The molecule has 0 aliphatic rings. The molecule has 0 atom stereocenters. The number of fused-ring (bicyclic) bond motifs is 3. The van der Waals surface area contributed by atoms with Gasteiger partial charge in [-0.15, -0.1) is 9.20 Å². The van der Waals surface area contributed by atoms with Crippen LogP contribution in [0.15, 0.2) is 72.8 Å². The highest BCUT2D eigenvalue weighted by atomic mass is 32.2. The van der Waals surface area contributed by atoms with E-state index in [-0.39, 0.29) is 10.6 Å². The highest BCUT2D eigenvalue weighted by Crippen LogP contribution is 2.27. The number of nitrogens with zero attached hydrogens (tertiary/aromatic N) is 4. The quantitative estimate of drug-likeness (QED) is 0.101. The minimum absolute atomic E-state index is 0.138. The zero-order valence-electron chi connectivity index (χ0n) is 22.4. The van der Waals surface area contributed by atoms with Crippen LogP contribution in [0.5, 0.6) is 0 Å². The van der Waals surface area contributed by atoms with Gasteiger partial charge in [0.2, 0.25) is 5.69 Å². The molecule has 0 saturated heterocycles. The number of benzene rings is 3. The minimum Gasteiger partial charge on any atom is -0.741 e. The second-order valence-electron chi connectivity index (χ2n) is 9.47. The first-order valence-electron chi connectivity index (χ1n) is 12.1. The van der Waals surface area contributed by atoms with E-state index in [1.807, 2.05) is 45.4 Å². The third kappa shape index (κ3) is 5.86. The summed E-state index contributed by atoms with van der Waals surface area (Å²) in [6.07, 6.45) is 2.12. The van der Waals surface area contributed by atoms with E-state index in [1.165, 1.54) is 0 Å². The van der Waals surface area contributed by atoms with Crippen molar-refractivity contribution in [2.45, 2.75) is 12.4 Å². The number of hydrogen-bond acceptors (Lipinski definition) is 6. The van der Waals surface area contributed by atoms with Crippen LogP contribution in [-0.2, 0) is 17.2 Å². The number of aromatic nitrogens is 2. The number of halogens is 3. The third-order valence-electron chi connectivity index (χ3n) is 6.53. The molecule has 0 radical (unpaired) electrons. The van der Waals surface area contributed by atoms with Gasteiger partial charge in [-0.25, -0.2) is 8.42 Å². The van der Waals surface area contributed by atoms with Gasteiger partial charge in [0.25, 0.3) is 5.69 Å². The predicted octanol–water partition coefficient (Wildman–Crippen LogP) is 4.47. The summed E-state index contributed by atoms with van der Waals surface area (Å²) in [4.78, 5) is 13.4. The fourth-order valence-corrected chi connectivity index (χ4v) is 4.51. The molecule has 0 aliphatic carbocycles. The van der Waals surface area contributed by atoms with Gasteiger partial charge in [0.05, 0.1) is 4.92 Å². The van der Waals surface area contributed by atoms with Crippen molar-refractivity contribution in [3.63, 3.8) is 0 Å². The van der Waals surface area contributed by atoms with E-state index in [4.69, 9.17) is 13.0 Å². The average molecular weight is 587 g/mol. The third-order valence-corrected chi connectivity index (χ3v) is 7.10. The molecule has 2 heterocycles. The lowest BCUT2D eigenvalue weighted by atomic mass is 10.1. The molecule has 2 aromatic heterocycles. The van der Waals surface area contributed by atoms with Crippen LogP contribution < -0.4 is 14.8 Å². The van der Waals surface area contributed by atoms with Crippen LogP contribution in [0.2, 0.25) is 0 Å². The molecule has 5 rings (SSSR count). The molecule has 0 aliphatic heterocycles. The Morgan fingerprint density at radius 1 is 0.976 bits per heavy atom. The van der Waals surface area contributed by atoms with E-state index in [9.17, 15) is 23.3 Å².